The summed E-state index contributed by atoms with van der Waals surface area (Å²) in [7, 11) is -4.31. The number of rotatable bonds is 4. The second-order valence-corrected chi connectivity index (χ2v) is 5.80. The van der Waals surface area contributed by atoms with Crippen LogP contribution in [-0.4, -0.2) is 27.5 Å². The van der Waals surface area contributed by atoms with Crippen LogP contribution in [0.1, 0.15) is 10.8 Å². The molecule has 4 N–H and O–H groups in total. The van der Waals surface area contributed by atoms with Gasteiger partial charge in [-0.2, -0.15) is 8.42 Å². The van der Waals surface area contributed by atoms with Gasteiger partial charge in [-0.15, -0.1) is 0 Å². The van der Waals surface area contributed by atoms with Crippen molar-refractivity contribution in [3.63, 3.8) is 0 Å². The van der Waals surface area contributed by atoms with Gasteiger partial charge in [0.05, 0.1) is 5.75 Å². The van der Waals surface area contributed by atoms with E-state index in [1.165, 1.54) is 24.3 Å². The molecule has 0 saturated carbocycles. The van der Waals surface area contributed by atoms with Crippen molar-refractivity contribution in [1.82, 2.24) is 0 Å². The van der Waals surface area contributed by atoms with Gasteiger partial charge in [-0.3, -0.25) is 4.55 Å². The Kier molecular flexibility index (Phi) is 4.03. The predicted octanol–water partition coefficient (Wildman–Crippen LogP) is 0.419. The summed E-state index contributed by atoms with van der Waals surface area (Å²) in [5, 5.41) is -1.18. The third kappa shape index (κ3) is 3.89. The number of nitrogens with two attached hydrogens (primary N) is 1. The van der Waals surface area contributed by atoms with Crippen LogP contribution in [0.15, 0.2) is 24.3 Å². The Bertz CT molecular complexity index is 482. The van der Waals surface area contributed by atoms with Gasteiger partial charge in [0, 0.05) is 5.69 Å². The van der Waals surface area contributed by atoms with Gasteiger partial charge in [0.25, 0.3) is 10.1 Å². The van der Waals surface area contributed by atoms with Crippen molar-refractivity contribution in [2.45, 2.75) is 5.25 Å². The molecule has 0 aliphatic heterocycles. The summed E-state index contributed by atoms with van der Waals surface area (Å²) >= 11 is -2.39. The maximum atomic E-state index is 11.0. The molecule has 16 heavy (non-hydrogen) atoms. The van der Waals surface area contributed by atoms with Gasteiger partial charge in [-0.25, -0.2) is 4.21 Å². The molecule has 0 heterocycles. The van der Waals surface area contributed by atoms with Gasteiger partial charge in [0.1, 0.15) is 5.25 Å². The summed E-state index contributed by atoms with van der Waals surface area (Å²) in [4.78, 5) is 0. The molecule has 0 amide bonds. The maximum Gasteiger partial charge on any atom is 0.266 e. The summed E-state index contributed by atoms with van der Waals surface area (Å²) in [6, 6.07) is 5.86. The molecule has 6 nitrogen and oxygen atoms in total. The van der Waals surface area contributed by atoms with Crippen molar-refractivity contribution in [2.24, 2.45) is 0 Å². The Morgan fingerprint density at radius 1 is 1.31 bits per heavy atom. The van der Waals surface area contributed by atoms with Gasteiger partial charge < -0.3 is 10.3 Å². The lowest BCUT2D eigenvalue weighted by Gasteiger charge is -2.11. The number of benzene rings is 1. The molecule has 0 aromatic heterocycles. The number of nitrogen functional groups attached to an aromatic ring is 1. The number of anilines is 1. The molecule has 0 saturated heterocycles. The average Bonchev–Trinajstić information content (AvgIpc) is 2.14. The predicted molar refractivity (Wildman–Crippen MR) is 60.8 cm³/mol. The molecule has 90 valence electrons. The quantitative estimate of drug-likeness (QED) is 0.412. The average molecular weight is 265 g/mol. The van der Waals surface area contributed by atoms with Crippen molar-refractivity contribution in [3.8, 4) is 0 Å². The SMILES string of the molecule is Nc1ccc(C(CS(=O)(=O)O)S(=O)O)cc1. The highest BCUT2D eigenvalue weighted by molar-refractivity contribution is 7.87. The molecule has 0 bridgehead atoms. The molecule has 2 atom stereocenters. The van der Waals surface area contributed by atoms with Crippen molar-refractivity contribution in [3.05, 3.63) is 29.8 Å². The van der Waals surface area contributed by atoms with Crippen LogP contribution in [0.25, 0.3) is 0 Å². The van der Waals surface area contributed by atoms with E-state index in [0.29, 0.717) is 11.3 Å². The topological polar surface area (TPSA) is 118 Å². The van der Waals surface area contributed by atoms with E-state index in [1.807, 2.05) is 0 Å². The molecular weight excluding hydrogens is 254 g/mol. The van der Waals surface area contributed by atoms with Crippen LogP contribution in [-0.2, 0) is 21.2 Å². The first-order valence-electron chi connectivity index (χ1n) is 4.20. The smallest absolute Gasteiger partial charge is 0.266 e. The van der Waals surface area contributed by atoms with E-state index in [-0.39, 0.29) is 0 Å². The van der Waals surface area contributed by atoms with E-state index in [2.05, 4.69) is 0 Å². The highest BCUT2D eigenvalue weighted by atomic mass is 32.2. The Hall–Kier alpha value is -0.960. The number of hydrogen-bond acceptors (Lipinski definition) is 4. The molecule has 0 spiro atoms. The molecule has 0 aliphatic carbocycles. The van der Waals surface area contributed by atoms with Crippen LogP contribution in [0.4, 0.5) is 5.69 Å². The zero-order valence-corrected chi connectivity index (χ0v) is 9.74. The molecule has 1 rings (SSSR count). The molecule has 2 unspecified atom stereocenters. The molecule has 8 heteroatoms. The minimum absolute atomic E-state index is 0.327. The van der Waals surface area contributed by atoms with E-state index >= 15 is 0 Å². The van der Waals surface area contributed by atoms with Crippen molar-refractivity contribution >= 4 is 26.9 Å². The fourth-order valence-electron chi connectivity index (χ4n) is 1.17. The van der Waals surface area contributed by atoms with E-state index in [9.17, 15) is 12.6 Å². The summed E-state index contributed by atoms with van der Waals surface area (Å²) < 4.78 is 49.9. The van der Waals surface area contributed by atoms with Gasteiger partial charge in [-0.05, 0) is 17.7 Å². The second-order valence-electron chi connectivity index (χ2n) is 3.18. The lowest BCUT2D eigenvalue weighted by molar-refractivity contribution is 0.479. The van der Waals surface area contributed by atoms with E-state index in [0.717, 1.165) is 0 Å². The van der Waals surface area contributed by atoms with Gasteiger partial charge >= 0.3 is 0 Å². The Balaban J connectivity index is 3.03. The second kappa shape index (κ2) is 4.91. The maximum absolute atomic E-state index is 11.0. The lowest BCUT2D eigenvalue weighted by atomic mass is 10.1. The fraction of sp³-hybridized carbons (Fsp3) is 0.250. The minimum Gasteiger partial charge on any atom is -0.399 e. The summed E-state index contributed by atoms with van der Waals surface area (Å²) in [5.74, 6) is -0.806. The molecule has 1 aromatic rings. The molecule has 0 aliphatic rings. The van der Waals surface area contributed by atoms with Crippen LogP contribution >= 0.6 is 0 Å². The van der Waals surface area contributed by atoms with Crippen molar-refractivity contribution in [1.29, 1.82) is 0 Å². The zero-order chi connectivity index (χ0) is 12.3. The van der Waals surface area contributed by atoms with Gasteiger partial charge in [0.15, 0.2) is 11.1 Å². The Morgan fingerprint density at radius 3 is 2.19 bits per heavy atom. The Labute approximate surface area is 95.5 Å². The summed E-state index contributed by atoms with van der Waals surface area (Å²) in [6.07, 6.45) is 0. The summed E-state index contributed by atoms with van der Waals surface area (Å²) in [6.45, 7) is 0. The largest absolute Gasteiger partial charge is 0.399 e. The molecule has 0 fully saturated rings. The van der Waals surface area contributed by atoms with Crippen LogP contribution < -0.4 is 5.73 Å². The van der Waals surface area contributed by atoms with Gasteiger partial charge in [0.2, 0.25) is 0 Å². The van der Waals surface area contributed by atoms with Crippen LogP contribution in [0.3, 0.4) is 0 Å². The first-order chi connectivity index (χ1) is 7.29. The zero-order valence-electron chi connectivity index (χ0n) is 8.11. The normalized spacial score (nSPS) is 15.6. The molecule has 0 radical (unpaired) electrons. The van der Waals surface area contributed by atoms with Crippen molar-refractivity contribution < 1.29 is 21.7 Å². The minimum atomic E-state index is -4.31. The molecular formula is C8H11NO5S2. The van der Waals surface area contributed by atoms with Crippen LogP contribution in [0.2, 0.25) is 0 Å². The van der Waals surface area contributed by atoms with Crippen LogP contribution in [0.5, 0.6) is 0 Å². The van der Waals surface area contributed by atoms with Crippen LogP contribution in [0, 0.1) is 0 Å². The monoisotopic (exact) mass is 265 g/mol. The lowest BCUT2D eigenvalue weighted by Crippen LogP contribution is -2.17. The first kappa shape index (κ1) is 13.1. The summed E-state index contributed by atoms with van der Waals surface area (Å²) in [5.41, 5.74) is 6.21. The molecule has 1 aromatic carbocycles. The fourth-order valence-corrected chi connectivity index (χ4v) is 3.12. The third-order valence-corrected chi connectivity index (χ3v) is 3.80. The van der Waals surface area contributed by atoms with Gasteiger partial charge in [-0.1, -0.05) is 12.1 Å². The van der Waals surface area contributed by atoms with Crippen molar-refractivity contribution in [2.75, 3.05) is 11.5 Å². The van der Waals surface area contributed by atoms with E-state index < -0.39 is 32.2 Å². The third-order valence-electron chi connectivity index (χ3n) is 1.91. The Morgan fingerprint density at radius 2 is 1.81 bits per heavy atom. The van der Waals surface area contributed by atoms with E-state index in [4.69, 9.17) is 14.8 Å². The standard InChI is InChI=1S/C8H11NO5S2/c9-7-3-1-6(2-4-7)8(15(10)11)5-16(12,13)14/h1-4,8H,5,9H2,(H,10,11)(H,12,13,14). The van der Waals surface area contributed by atoms with E-state index in [1.54, 1.807) is 0 Å². The highest BCUT2D eigenvalue weighted by Crippen LogP contribution is 2.21. The highest BCUT2D eigenvalue weighted by Gasteiger charge is 2.23. The number of hydrogen-bond donors (Lipinski definition) is 3. The first-order valence-corrected chi connectivity index (χ1v) is 6.98.